The van der Waals surface area contributed by atoms with Gasteiger partial charge in [0.1, 0.15) is 11.7 Å². The molecule has 4 aliphatic heterocycles. The molecule has 2 bridgehead atoms. The van der Waals surface area contributed by atoms with E-state index >= 15 is 0 Å². The fourth-order valence-corrected chi connectivity index (χ4v) is 3.68. The molecule has 2 amide bonds. The first-order chi connectivity index (χ1) is 13.3. The molecule has 4 aliphatic rings. The molecular weight excluding hydrogens is 388 g/mol. The lowest BCUT2D eigenvalue weighted by molar-refractivity contribution is -0.240. The zero-order valence-electron chi connectivity index (χ0n) is 16.2. The maximum atomic E-state index is 12.9. The predicted octanol–water partition coefficient (Wildman–Crippen LogP) is -1.49. The molecule has 4 saturated heterocycles. The Balaban J connectivity index is 1.94. The number of hydrogen-bond acceptors (Lipinski definition) is 8. The summed E-state index contributed by atoms with van der Waals surface area (Å²) in [5, 5.41) is 35.0. The minimum absolute atomic E-state index is 0.0117. The van der Waals surface area contributed by atoms with Crippen LogP contribution in [0.5, 0.6) is 0 Å². The number of carbonyl (C=O) groups is 3. The maximum absolute atomic E-state index is 12.9. The molecule has 4 rings (SSSR count). The van der Waals surface area contributed by atoms with Gasteiger partial charge in [-0.05, 0) is 32.8 Å². The Bertz CT molecular complexity index is 807. The molecule has 0 saturated carbocycles. The third-order valence-electron chi connectivity index (χ3n) is 5.11. The molecule has 0 spiro atoms. The normalized spacial score (nSPS) is 39.1. The molecule has 4 atom stereocenters. The fraction of sp³-hybridized carbons (Fsp3) is 0.611. The Morgan fingerprint density at radius 2 is 1.86 bits per heavy atom. The van der Waals surface area contributed by atoms with Crippen LogP contribution in [0, 0.1) is 0 Å². The van der Waals surface area contributed by atoms with E-state index in [0.29, 0.717) is 0 Å². The van der Waals surface area contributed by atoms with Crippen LogP contribution in [0.1, 0.15) is 27.2 Å². The Hall–Kier alpha value is -2.31. The summed E-state index contributed by atoms with van der Waals surface area (Å²) in [6, 6.07) is 0. The van der Waals surface area contributed by atoms with Crippen LogP contribution >= 0.6 is 0 Å². The standard InChI is InChI=1S/C18H24N2O9/c1-15(2)28-9-16(3,29-15)12(23)18-14(25)19-17(26,13(24)20-18)10(7-8-27-18)5-4-6-11(21)22/h4-6,12,23,26H,7-9H2,1-3H3,(H,19,25)(H,20,24)(H,21,22)/b6-4+,10-5+/t12-,16+,17-,18+/m1/s1. The number of aliphatic carboxylic acids is 1. The van der Waals surface area contributed by atoms with Crippen molar-refractivity contribution >= 4 is 17.8 Å². The highest BCUT2D eigenvalue weighted by atomic mass is 16.8. The van der Waals surface area contributed by atoms with Gasteiger partial charge < -0.3 is 40.2 Å². The van der Waals surface area contributed by atoms with Crippen LogP contribution in [0.2, 0.25) is 0 Å². The summed E-state index contributed by atoms with van der Waals surface area (Å²) < 4.78 is 16.9. The van der Waals surface area contributed by atoms with Gasteiger partial charge in [0.25, 0.3) is 17.5 Å². The zero-order valence-corrected chi connectivity index (χ0v) is 16.2. The van der Waals surface area contributed by atoms with Crippen LogP contribution in [0.4, 0.5) is 0 Å². The molecule has 0 aliphatic carbocycles. The molecule has 29 heavy (non-hydrogen) atoms. The monoisotopic (exact) mass is 412 g/mol. The Kier molecular flexibility index (Phi) is 5.08. The number of carbonyl (C=O) groups excluding carboxylic acids is 2. The molecule has 0 unspecified atom stereocenters. The van der Waals surface area contributed by atoms with Crippen LogP contribution in [0.25, 0.3) is 0 Å². The molecular formula is C18H24N2O9. The van der Waals surface area contributed by atoms with Crippen LogP contribution in [-0.4, -0.2) is 75.3 Å². The first-order valence-corrected chi connectivity index (χ1v) is 8.99. The van der Waals surface area contributed by atoms with Gasteiger partial charge in [-0.25, -0.2) is 4.79 Å². The number of hydrogen-bond donors (Lipinski definition) is 5. The maximum Gasteiger partial charge on any atom is 0.328 e. The minimum atomic E-state index is -2.42. The van der Waals surface area contributed by atoms with Gasteiger partial charge >= 0.3 is 5.97 Å². The van der Waals surface area contributed by atoms with Gasteiger partial charge in [0, 0.05) is 6.08 Å². The molecule has 4 fully saturated rings. The topological polar surface area (TPSA) is 164 Å². The van der Waals surface area contributed by atoms with E-state index < -0.39 is 46.7 Å². The van der Waals surface area contributed by atoms with Gasteiger partial charge in [-0.15, -0.1) is 0 Å². The summed E-state index contributed by atoms with van der Waals surface area (Å²) in [5.74, 6) is -4.25. The van der Waals surface area contributed by atoms with Crippen molar-refractivity contribution in [3.63, 3.8) is 0 Å². The third kappa shape index (κ3) is 3.55. The molecule has 0 aromatic rings. The number of carboxylic acids is 1. The van der Waals surface area contributed by atoms with E-state index in [9.17, 15) is 24.6 Å². The van der Waals surface area contributed by atoms with Crippen molar-refractivity contribution in [3.05, 3.63) is 23.8 Å². The molecule has 0 radical (unpaired) electrons. The highest BCUT2D eigenvalue weighted by molar-refractivity contribution is 6.03. The summed E-state index contributed by atoms with van der Waals surface area (Å²) in [6.07, 6.45) is 1.47. The number of aliphatic hydroxyl groups is 2. The van der Waals surface area contributed by atoms with Crippen LogP contribution in [0.15, 0.2) is 23.8 Å². The quantitative estimate of drug-likeness (QED) is 0.346. The SMILES string of the molecule is CC1(C)OC[C@@](C)([C@@H](O)[C@@]23NC(=O)[C@@](O)(NC2=O)/C(=C/C=C/C(=O)O)CCO3)O1. The van der Waals surface area contributed by atoms with E-state index in [4.69, 9.17) is 19.3 Å². The number of ether oxygens (including phenoxy) is 3. The zero-order chi connectivity index (χ0) is 21.7. The Morgan fingerprint density at radius 3 is 2.45 bits per heavy atom. The smallest absolute Gasteiger partial charge is 0.328 e. The number of piperazine rings is 1. The number of rotatable bonds is 4. The molecule has 11 heteroatoms. The Labute approximate surface area is 166 Å². The summed E-state index contributed by atoms with van der Waals surface area (Å²) in [7, 11) is 0. The van der Waals surface area contributed by atoms with Crippen molar-refractivity contribution in [2.45, 2.75) is 56.1 Å². The average Bonchev–Trinajstić information content (AvgIpc) is 2.90. The van der Waals surface area contributed by atoms with Crippen LogP contribution < -0.4 is 10.6 Å². The summed E-state index contributed by atoms with van der Waals surface area (Å²) >= 11 is 0. The number of nitrogens with one attached hydrogen (secondary N) is 2. The van der Waals surface area contributed by atoms with Crippen molar-refractivity contribution < 1.29 is 43.9 Å². The lowest BCUT2D eigenvalue weighted by Crippen LogP contribution is -2.82. The van der Waals surface area contributed by atoms with Gasteiger partial charge in [-0.2, -0.15) is 0 Å². The van der Waals surface area contributed by atoms with Crippen molar-refractivity contribution in [1.29, 1.82) is 0 Å². The number of aliphatic hydroxyl groups excluding tert-OH is 1. The van der Waals surface area contributed by atoms with Gasteiger partial charge in [-0.1, -0.05) is 12.2 Å². The molecule has 0 aromatic carbocycles. The highest BCUT2D eigenvalue weighted by Crippen LogP contribution is 2.40. The first-order valence-electron chi connectivity index (χ1n) is 8.99. The van der Waals surface area contributed by atoms with Crippen molar-refractivity contribution in [1.82, 2.24) is 10.6 Å². The number of allylic oxidation sites excluding steroid dienone is 2. The fourth-order valence-electron chi connectivity index (χ4n) is 3.68. The van der Waals surface area contributed by atoms with Gasteiger partial charge in [0.15, 0.2) is 5.79 Å². The van der Waals surface area contributed by atoms with Crippen LogP contribution in [0.3, 0.4) is 0 Å². The third-order valence-corrected chi connectivity index (χ3v) is 5.11. The molecule has 11 nitrogen and oxygen atoms in total. The van der Waals surface area contributed by atoms with E-state index in [1.165, 1.54) is 13.0 Å². The summed E-state index contributed by atoms with van der Waals surface area (Å²) in [6.45, 7) is 4.58. The second kappa shape index (κ2) is 6.89. The number of carboxylic acid groups (broad SMARTS) is 1. The summed E-state index contributed by atoms with van der Waals surface area (Å²) in [5.41, 5.74) is -5.98. The van der Waals surface area contributed by atoms with Crippen molar-refractivity contribution in [3.8, 4) is 0 Å². The van der Waals surface area contributed by atoms with E-state index in [1.54, 1.807) is 13.8 Å². The molecule has 0 aromatic heterocycles. The minimum Gasteiger partial charge on any atom is -0.478 e. The molecule has 4 heterocycles. The molecule has 5 N–H and O–H groups in total. The first kappa shape index (κ1) is 21.4. The molecule has 160 valence electrons. The lowest BCUT2D eigenvalue weighted by atomic mass is 9.84. The second-order valence-corrected chi connectivity index (χ2v) is 7.85. The van der Waals surface area contributed by atoms with Crippen molar-refractivity contribution in [2.75, 3.05) is 13.2 Å². The van der Waals surface area contributed by atoms with Gasteiger partial charge in [0.05, 0.1) is 13.2 Å². The van der Waals surface area contributed by atoms with E-state index in [0.717, 1.165) is 12.2 Å². The lowest BCUT2D eigenvalue weighted by Gasteiger charge is -2.50. The number of fused-ring (bicyclic) bond motifs is 5. The van der Waals surface area contributed by atoms with E-state index in [1.807, 2.05) is 0 Å². The average molecular weight is 412 g/mol. The van der Waals surface area contributed by atoms with E-state index in [2.05, 4.69) is 10.6 Å². The largest absolute Gasteiger partial charge is 0.478 e. The number of amides is 2. The second-order valence-electron chi connectivity index (χ2n) is 7.85. The Morgan fingerprint density at radius 1 is 1.17 bits per heavy atom. The van der Waals surface area contributed by atoms with Crippen molar-refractivity contribution in [2.24, 2.45) is 0 Å². The van der Waals surface area contributed by atoms with Gasteiger partial charge in [0.2, 0.25) is 5.72 Å². The van der Waals surface area contributed by atoms with Crippen LogP contribution in [-0.2, 0) is 28.6 Å². The highest BCUT2D eigenvalue weighted by Gasteiger charge is 2.65. The predicted molar refractivity (Wildman–Crippen MR) is 94.9 cm³/mol. The summed E-state index contributed by atoms with van der Waals surface area (Å²) in [4.78, 5) is 36.3. The van der Waals surface area contributed by atoms with Gasteiger partial charge in [-0.3, -0.25) is 9.59 Å². The van der Waals surface area contributed by atoms with E-state index in [-0.39, 0.29) is 25.2 Å².